The van der Waals surface area contributed by atoms with Gasteiger partial charge in [-0.15, -0.1) is 0 Å². The second kappa shape index (κ2) is 13.8. The number of pyridine rings is 1. The van der Waals surface area contributed by atoms with Crippen LogP contribution in [0.25, 0.3) is 22.0 Å². The number of aromatic nitrogens is 5. The van der Waals surface area contributed by atoms with Crippen molar-refractivity contribution in [2.45, 2.75) is 75.5 Å². The summed E-state index contributed by atoms with van der Waals surface area (Å²) in [5.41, 5.74) is 6.23. The molecule has 0 saturated heterocycles. The highest BCUT2D eigenvalue weighted by molar-refractivity contribution is 7.92. The Morgan fingerprint density at radius 2 is 1.74 bits per heavy atom. The Balaban J connectivity index is 1.41. The standard InChI is InChI=1S/C38H33ClF7N7O3S/c1-18-30-25-15-26(25)38(45,46)34(30)52(50-18)16-29(54)49-28(13-19-11-20(40)14-21(41)12-19)32-23(6-5-22(48-32)9-10-36(2,3)57(4,55)56)24-7-8-27(39)31-33(24)53(51-35(31)47)17-37(42,43)44/h5-8,11-12,14,25-26,28H,13,15-17H2,1-4H3,(H2,47,51)(H,49,54)/t25-,26+,28-/m0/s1. The van der Waals surface area contributed by atoms with Crippen LogP contribution in [-0.2, 0) is 40.1 Å². The zero-order valence-electron chi connectivity index (χ0n) is 30.6. The Morgan fingerprint density at radius 1 is 1.07 bits per heavy atom. The quantitative estimate of drug-likeness (QED) is 0.119. The maximum absolute atomic E-state index is 15.4. The van der Waals surface area contributed by atoms with E-state index in [1.807, 2.05) is 0 Å². The first-order valence-electron chi connectivity index (χ1n) is 17.4. The summed E-state index contributed by atoms with van der Waals surface area (Å²) >= 11 is 6.42. The Labute approximate surface area is 326 Å². The lowest BCUT2D eigenvalue weighted by atomic mass is 9.93. The molecule has 3 atom stereocenters. The third-order valence-electron chi connectivity index (χ3n) is 10.3. The molecule has 0 aliphatic heterocycles. The molecule has 19 heteroatoms. The van der Waals surface area contributed by atoms with Gasteiger partial charge in [0, 0.05) is 34.9 Å². The molecular weight excluding hydrogens is 803 g/mol. The number of alkyl halides is 5. The Kier molecular flexibility index (Phi) is 9.67. The number of rotatable bonds is 9. The van der Waals surface area contributed by atoms with E-state index in [4.69, 9.17) is 17.3 Å². The number of amides is 1. The minimum Gasteiger partial charge on any atom is -0.382 e. The minimum absolute atomic E-state index is 0.00954. The maximum atomic E-state index is 15.4. The molecule has 0 bridgehead atoms. The predicted molar refractivity (Wildman–Crippen MR) is 197 cm³/mol. The number of sulfone groups is 1. The smallest absolute Gasteiger partial charge is 0.382 e. The first kappa shape index (κ1) is 40.1. The van der Waals surface area contributed by atoms with Crippen molar-refractivity contribution >= 4 is 44.1 Å². The van der Waals surface area contributed by atoms with Crippen molar-refractivity contribution < 1.29 is 43.9 Å². The molecule has 0 unspecified atom stereocenters. The summed E-state index contributed by atoms with van der Waals surface area (Å²) in [7, 11) is -3.72. The van der Waals surface area contributed by atoms with Crippen LogP contribution in [0.15, 0.2) is 42.5 Å². The average molecular weight is 836 g/mol. The van der Waals surface area contributed by atoms with Crippen molar-refractivity contribution in [1.29, 1.82) is 0 Å². The number of benzene rings is 2. The number of carbonyl (C=O) groups excluding carboxylic acids is 1. The SMILES string of the molecule is Cc1nn(CC(=O)N[C@@H](Cc2cc(F)cc(F)c2)c2nc(C#CC(C)(C)S(C)(=O)=O)ccc2-c2ccc(Cl)c3c(N)nn(CC(F)(F)F)c23)c2c1[C@H]1C[C@H]1C2(F)F. The molecule has 2 aromatic carbocycles. The topological polar surface area (TPSA) is 138 Å². The summed E-state index contributed by atoms with van der Waals surface area (Å²) in [5, 5.41) is 10.8. The van der Waals surface area contributed by atoms with Crippen molar-refractivity contribution in [3.8, 4) is 23.0 Å². The largest absolute Gasteiger partial charge is 0.408 e. The second-order valence-corrected chi connectivity index (χ2v) is 17.8. The second-order valence-electron chi connectivity index (χ2n) is 14.8. The molecule has 300 valence electrons. The van der Waals surface area contributed by atoms with E-state index in [2.05, 4.69) is 32.3 Å². The monoisotopic (exact) mass is 835 g/mol. The van der Waals surface area contributed by atoms with Gasteiger partial charge in [0.05, 0.1) is 33.4 Å². The fourth-order valence-electron chi connectivity index (χ4n) is 7.31. The number of nitrogen functional groups attached to an aromatic ring is 1. The van der Waals surface area contributed by atoms with Gasteiger partial charge in [0.1, 0.15) is 40.9 Å². The van der Waals surface area contributed by atoms with Crippen LogP contribution in [0.5, 0.6) is 0 Å². The van der Waals surface area contributed by atoms with Crippen LogP contribution in [0.3, 0.4) is 0 Å². The van der Waals surface area contributed by atoms with Crippen molar-refractivity contribution in [3.05, 3.63) is 93.0 Å². The van der Waals surface area contributed by atoms with E-state index in [9.17, 15) is 35.2 Å². The van der Waals surface area contributed by atoms with Crippen molar-refractivity contribution in [3.63, 3.8) is 0 Å². The van der Waals surface area contributed by atoms with Gasteiger partial charge in [-0.3, -0.25) is 14.2 Å². The van der Waals surface area contributed by atoms with E-state index in [1.54, 1.807) is 6.92 Å². The molecular formula is C38H33ClF7N7O3S. The minimum atomic E-state index is -4.77. The maximum Gasteiger partial charge on any atom is 0.408 e. The van der Waals surface area contributed by atoms with Crippen molar-refractivity contribution in [2.75, 3.05) is 12.0 Å². The molecule has 2 aliphatic rings. The molecule has 1 fully saturated rings. The molecule has 5 aromatic rings. The van der Waals surface area contributed by atoms with Crippen molar-refractivity contribution in [1.82, 2.24) is 29.9 Å². The molecule has 10 nitrogen and oxygen atoms in total. The molecule has 3 aromatic heterocycles. The number of hydrogen-bond acceptors (Lipinski definition) is 7. The number of anilines is 1. The first-order chi connectivity index (χ1) is 26.4. The third-order valence-corrected chi connectivity index (χ3v) is 12.5. The zero-order chi connectivity index (χ0) is 41.6. The summed E-state index contributed by atoms with van der Waals surface area (Å²) < 4.78 is 126. The van der Waals surface area contributed by atoms with Gasteiger partial charge < -0.3 is 11.1 Å². The summed E-state index contributed by atoms with van der Waals surface area (Å²) in [5.74, 6) is -2.25. The van der Waals surface area contributed by atoms with E-state index in [-0.39, 0.29) is 67.9 Å². The van der Waals surface area contributed by atoms with Crippen LogP contribution < -0.4 is 11.1 Å². The molecule has 0 radical (unpaired) electrons. The van der Waals surface area contributed by atoms with Crippen molar-refractivity contribution in [2.24, 2.45) is 5.92 Å². The van der Waals surface area contributed by atoms with Gasteiger partial charge in [-0.2, -0.15) is 32.1 Å². The highest BCUT2D eigenvalue weighted by Crippen LogP contribution is 2.67. The molecule has 3 N–H and O–H groups in total. The van der Waals surface area contributed by atoms with Gasteiger partial charge in [-0.25, -0.2) is 22.2 Å². The Hall–Kier alpha value is -5.15. The number of aryl methyl sites for hydroxylation is 1. The number of carbonyl (C=O) groups is 1. The Bertz CT molecular complexity index is 2640. The molecule has 0 spiro atoms. The number of hydrogen-bond donors (Lipinski definition) is 2. The van der Waals surface area contributed by atoms with Crippen LogP contribution in [-0.4, -0.2) is 56.0 Å². The third kappa shape index (κ3) is 7.54. The van der Waals surface area contributed by atoms with Gasteiger partial charge in [-0.05, 0) is 81.3 Å². The van der Waals surface area contributed by atoms with E-state index in [1.165, 1.54) is 38.1 Å². The fourth-order valence-corrected chi connectivity index (χ4v) is 7.79. The van der Waals surface area contributed by atoms with Crippen LogP contribution in [0.4, 0.5) is 36.6 Å². The lowest BCUT2D eigenvalue weighted by Gasteiger charge is -2.23. The van der Waals surface area contributed by atoms with E-state index in [0.717, 1.165) is 23.1 Å². The van der Waals surface area contributed by atoms with E-state index >= 15 is 8.78 Å². The normalized spacial score (nSPS) is 17.8. The summed E-state index contributed by atoms with van der Waals surface area (Å²) in [4.78, 5) is 18.6. The number of fused-ring (bicyclic) bond motifs is 4. The first-order valence-corrected chi connectivity index (χ1v) is 19.7. The van der Waals surface area contributed by atoms with Crippen LogP contribution in [0.2, 0.25) is 5.02 Å². The van der Waals surface area contributed by atoms with Crippen LogP contribution in [0.1, 0.15) is 66.1 Å². The summed E-state index contributed by atoms with van der Waals surface area (Å²) in [6.07, 6.45) is -3.86. The predicted octanol–water partition coefficient (Wildman–Crippen LogP) is 7.16. The number of halogens is 8. The van der Waals surface area contributed by atoms with E-state index in [0.29, 0.717) is 28.4 Å². The molecule has 57 heavy (non-hydrogen) atoms. The van der Waals surface area contributed by atoms with Gasteiger partial charge in [0.25, 0.3) is 5.92 Å². The molecule has 1 amide bonds. The van der Waals surface area contributed by atoms with Gasteiger partial charge in [-0.1, -0.05) is 23.6 Å². The molecule has 2 aliphatic carbocycles. The van der Waals surface area contributed by atoms with Crippen LogP contribution >= 0.6 is 11.6 Å². The fraction of sp³-hybridized carbons (Fsp3) is 0.368. The van der Waals surface area contributed by atoms with Crippen LogP contribution in [0, 0.1) is 36.3 Å². The summed E-state index contributed by atoms with van der Waals surface area (Å²) in [6, 6.07) is 6.76. The lowest BCUT2D eigenvalue weighted by molar-refractivity contribution is -0.141. The van der Waals surface area contributed by atoms with Gasteiger partial charge >= 0.3 is 6.18 Å². The molecule has 1 saturated carbocycles. The zero-order valence-corrected chi connectivity index (χ0v) is 32.1. The van der Waals surface area contributed by atoms with E-state index < -0.39 is 69.3 Å². The highest BCUT2D eigenvalue weighted by atomic mass is 35.5. The van der Waals surface area contributed by atoms with Gasteiger partial charge in [0.15, 0.2) is 15.7 Å². The number of nitrogens with one attached hydrogen (secondary N) is 1. The average Bonchev–Trinajstić information content (AvgIpc) is 3.65. The summed E-state index contributed by atoms with van der Waals surface area (Å²) in [6.45, 7) is 2.02. The molecule has 7 rings (SSSR count). The number of nitrogens with two attached hydrogens (primary N) is 1. The van der Waals surface area contributed by atoms with Gasteiger partial charge in [0.2, 0.25) is 5.91 Å². The number of nitrogens with zero attached hydrogens (tertiary/aromatic N) is 5. The Morgan fingerprint density at radius 3 is 2.39 bits per heavy atom. The molecule has 3 heterocycles. The highest BCUT2D eigenvalue weighted by Gasteiger charge is 2.66. The lowest BCUT2D eigenvalue weighted by Crippen LogP contribution is -2.35.